The van der Waals surface area contributed by atoms with Crippen molar-refractivity contribution in [2.45, 2.75) is 0 Å². The standard InChI is InChI=1S/C17H17N7O2/c18-15-14(19-3-4-20-15)17(26)24-7-5-23(6-8-24)16(25)11-1-2-12-13(9-11)22-10-21-12/h1-4,9-10H,5-8H2,(H2,18,20)(H,21,22). The number of amides is 2. The summed E-state index contributed by atoms with van der Waals surface area (Å²) >= 11 is 0. The van der Waals surface area contributed by atoms with Crippen LogP contribution in [0.4, 0.5) is 5.82 Å². The van der Waals surface area contributed by atoms with E-state index in [4.69, 9.17) is 5.73 Å². The molecular weight excluding hydrogens is 334 g/mol. The third-order valence-electron chi connectivity index (χ3n) is 4.45. The Labute approximate surface area is 148 Å². The second-order valence-corrected chi connectivity index (χ2v) is 6.01. The number of anilines is 1. The second-order valence-electron chi connectivity index (χ2n) is 6.01. The molecule has 1 aliphatic heterocycles. The molecule has 0 radical (unpaired) electrons. The van der Waals surface area contributed by atoms with Gasteiger partial charge in [-0.3, -0.25) is 9.59 Å². The minimum Gasteiger partial charge on any atom is -0.382 e. The molecular formula is C17H17N7O2. The van der Waals surface area contributed by atoms with E-state index in [0.717, 1.165) is 11.0 Å². The van der Waals surface area contributed by atoms with Crippen LogP contribution in [0.15, 0.2) is 36.9 Å². The van der Waals surface area contributed by atoms with Gasteiger partial charge in [-0.1, -0.05) is 0 Å². The maximum Gasteiger partial charge on any atom is 0.276 e. The summed E-state index contributed by atoms with van der Waals surface area (Å²) in [5.41, 5.74) is 8.11. The van der Waals surface area contributed by atoms with E-state index in [2.05, 4.69) is 19.9 Å². The molecule has 1 fully saturated rings. The number of nitrogens with one attached hydrogen (secondary N) is 1. The molecule has 0 unspecified atom stereocenters. The largest absolute Gasteiger partial charge is 0.382 e. The van der Waals surface area contributed by atoms with E-state index < -0.39 is 0 Å². The first-order chi connectivity index (χ1) is 12.6. The van der Waals surface area contributed by atoms with Crippen LogP contribution in [0.2, 0.25) is 0 Å². The Hall–Kier alpha value is -3.49. The average molecular weight is 351 g/mol. The number of H-pyrrole nitrogens is 1. The van der Waals surface area contributed by atoms with Crippen molar-refractivity contribution >= 4 is 28.7 Å². The first kappa shape index (κ1) is 16.0. The van der Waals surface area contributed by atoms with Gasteiger partial charge in [0.25, 0.3) is 11.8 Å². The van der Waals surface area contributed by atoms with Gasteiger partial charge in [0.1, 0.15) is 0 Å². The van der Waals surface area contributed by atoms with Gasteiger partial charge in [-0.2, -0.15) is 0 Å². The molecule has 2 aromatic heterocycles. The topological polar surface area (TPSA) is 121 Å². The summed E-state index contributed by atoms with van der Waals surface area (Å²) < 4.78 is 0. The van der Waals surface area contributed by atoms with E-state index in [1.807, 2.05) is 6.07 Å². The monoisotopic (exact) mass is 351 g/mol. The maximum atomic E-state index is 12.7. The molecule has 1 aliphatic rings. The molecule has 0 spiro atoms. The zero-order valence-electron chi connectivity index (χ0n) is 13.9. The number of carbonyl (C=O) groups is 2. The first-order valence-corrected chi connectivity index (χ1v) is 8.21. The maximum absolute atomic E-state index is 12.7. The quantitative estimate of drug-likeness (QED) is 0.695. The van der Waals surface area contributed by atoms with Crippen molar-refractivity contribution in [1.29, 1.82) is 0 Å². The molecule has 0 atom stereocenters. The van der Waals surface area contributed by atoms with Gasteiger partial charge in [-0.25, -0.2) is 15.0 Å². The van der Waals surface area contributed by atoms with Crippen LogP contribution in [0.5, 0.6) is 0 Å². The zero-order valence-corrected chi connectivity index (χ0v) is 13.9. The van der Waals surface area contributed by atoms with Crippen LogP contribution in [-0.2, 0) is 0 Å². The Balaban J connectivity index is 1.43. The minimum atomic E-state index is -0.262. The van der Waals surface area contributed by atoms with Crippen molar-refractivity contribution in [3.63, 3.8) is 0 Å². The number of piperazine rings is 1. The fourth-order valence-electron chi connectivity index (χ4n) is 3.03. The van der Waals surface area contributed by atoms with Crippen LogP contribution in [0, 0.1) is 0 Å². The van der Waals surface area contributed by atoms with E-state index in [-0.39, 0.29) is 23.3 Å². The highest BCUT2D eigenvalue weighted by Gasteiger charge is 2.27. The Morgan fingerprint density at radius 2 is 1.65 bits per heavy atom. The molecule has 1 saturated heterocycles. The van der Waals surface area contributed by atoms with Crippen LogP contribution >= 0.6 is 0 Å². The van der Waals surface area contributed by atoms with Crippen molar-refractivity contribution in [3.05, 3.63) is 48.2 Å². The predicted molar refractivity (Wildman–Crippen MR) is 94.3 cm³/mol. The molecule has 26 heavy (non-hydrogen) atoms. The summed E-state index contributed by atoms with van der Waals surface area (Å²) in [6, 6.07) is 5.38. The molecule has 9 heteroatoms. The number of aromatic amines is 1. The number of nitrogen functional groups attached to an aromatic ring is 1. The fourth-order valence-corrected chi connectivity index (χ4v) is 3.03. The SMILES string of the molecule is Nc1nccnc1C(=O)N1CCN(C(=O)c2ccc3nc[nH]c3c2)CC1. The summed E-state index contributed by atoms with van der Waals surface area (Å²) in [6.45, 7) is 1.75. The molecule has 4 rings (SSSR count). The average Bonchev–Trinajstić information content (AvgIpc) is 3.15. The molecule has 132 valence electrons. The Kier molecular flexibility index (Phi) is 3.96. The molecule has 1 aromatic carbocycles. The molecule has 2 amide bonds. The Bertz CT molecular complexity index is 976. The lowest BCUT2D eigenvalue weighted by Crippen LogP contribution is -2.50. The number of benzene rings is 1. The molecule has 0 saturated carbocycles. The lowest BCUT2D eigenvalue weighted by molar-refractivity contribution is 0.0533. The van der Waals surface area contributed by atoms with Crippen LogP contribution in [-0.4, -0.2) is 67.7 Å². The Morgan fingerprint density at radius 3 is 2.38 bits per heavy atom. The molecule has 0 aliphatic carbocycles. The van der Waals surface area contributed by atoms with Gasteiger partial charge < -0.3 is 20.5 Å². The van der Waals surface area contributed by atoms with Crippen LogP contribution in [0.3, 0.4) is 0 Å². The van der Waals surface area contributed by atoms with Crippen LogP contribution in [0.25, 0.3) is 11.0 Å². The Morgan fingerprint density at radius 1 is 0.962 bits per heavy atom. The number of rotatable bonds is 2. The van der Waals surface area contributed by atoms with Crippen molar-refractivity contribution < 1.29 is 9.59 Å². The van der Waals surface area contributed by atoms with E-state index >= 15 is 0 Å². The summed E-state index contributed by atoms with van der Waals surface area (Å²) in [5.74, 6) is -0.210. The minimum absolute atomic E-state index is 0.0624. The van der Waals surface area contributed by atoms with Crippen molar-refractivity contribution in [2.75, 3.05) is 31.9 Å². The summed E-state index contributed by atoms with van der Waals surface area (Å²) in [4.78, 5) is 43.7. The van der Waals surface area contributed by atoms with Gasteiger partial charge in [-0.05, 0) is 18.2 Å². The van der Waals surface area contributed by atoms with Crippen molar-refractivity contribution in [1.82, 2.24) is 29.7 Å². The van der Waals surface area contributed by atoms with Crippen molar-refractivity contribution in [3.8, 4) is 0 Å². The first-order valence-electron chi connectivity index (χ1n) is 8.21. The molecule has 3 heterocycles. The summed E-state index contributed by atoms with van der Waals surface area (Å²) in [7, 11) is 0. The zero-order chi connectivity index (χ0) is 18.1. The normalized spacial score (nSPS) is 14.6. The number of imidazole rings is 1. The van der Waals surface area contributed by atoms with E-state index in [1.54, 1.807) is 28.3 Å². The molecule has 9 nitrogen and oxygen atoms in total. The number of hydrogen-bond acceptors (Lipinski definition) is 6. The smallest absolute Gasteiger partial charge is 0.276 e. The second kappa shape index (κ2) is 6.43. The van der Waals surface area contributed by atoms with Crippen molar-refractivity contribution in [2.24, 2.45) is 0 Å². The highest BCUT2D eigenvalue weighted by molar-refractivity contribution is 5.98. The lowest BCUT2D eigenvalue weighted by atomic mass is 10.1. The van der Waals surface area contributed by atoms with E-state index in [0.29, 0.717) is 31.7 Å². The number of nitrogens with zero attached hydrogens (tertiary/aromatic N) is 5. The summed E-state index contributed by atoms with van der Waals surface area (Å²) in [6.07, 6.45) is 4.48. The van der Waals surface area contributed by atoms with Gasteiger partial charge in [0, 0.05) is 44.1 Å². The molecule has 3 N–H and O–H groups in total. The van der Waals surface area contributed by atoms with Crippen LogP contribution < -0.4 is 5.73 Å². The predicted octanol–water partition coefficient (Wildman–Crippen LogP) is 0.533. The van der Waals surface area contributed by atoms with Gasteiger partial charge >= 0.3 is 0 Å². The fraction of sp³-hybridized carbons (Fsp3) is 0.235. The highest BCUT2D eigenvalue weighted by atomic mass is 16.2. The van der Waals surface area contributed by atoms with Gasteiger partial charge in [0.15, 0.2) is 11.5 Å². The number of aromatic nitrogens is 4. The third kappa shape index (κ3) is 2.83. The lowest BCUT2D eigenvalue weighted by Gasteiger charge is -2.34. The van der Waals surface area contributed by atoms with E-state index in [9.17, 15) is 9.59 Å². The number of fused-ring (bicyclic) bond motifs is 1. The number of hydrogen-bond donors (Lipinski definition) is 2. The molecule has 3 aromatic rings. The van der Waals surface area contributed by atoms with E-state index in [1.165, 1.54) is 12.4 Å². The number of carbonyl (C=O) groups excluding carboxylic acids is 2. The van der Waals surface area contributed by atoms with Gasteiger partial charge in [-0.15, -0.1) is 0 Å². The summed E-state index contributed by atoms with van der Waals surface area (Å²) in [5, 5.41) is 0. The third-order valence-corrected chi connectivity index (χ3v) is 4.45. The molecule has 0 bridgehead atoms. The van der Waals surface area contributed by atoms with Gasteiger partial charge in [0.2, 0.25) is 0 Å². The highest BCUT2D eigenvalue weighted by Crippen LogP contribution is 2.16. The number of nitrogens with two attached hydrogens (primary N) is 1. The van der Waals surface area contributed by atoms with Crippen LogP contribution in [0.1, 0.15) is 20.8 Å². The van der Waals surface area contributed by atoms with Gasteiger partial charge in [0.05, 0.1) is 17.4 Å².